The predicted molar refractivity (Wildman–Crippen MR) is 75.5 cm³/mol. The van der Waals surface area contributed by atoms with Gasteiger partial charge < -0.3 is 10.2 Å². The average Bonchev–Trinajstić information content (AvgIpc) is 2.52. The van der Waals surface area contributed by atoms with Gasteiger partial charge in [-0.05, 0) is 31.4 Å². The predicted octanol–water partition coefficient (Wildman–Crippen LogP) is 2.88. The van der Waals surface area contributed by atoms with E-state index < -0.39 is 11.6 Å². The molecule has 3 rings (SSSR count). The third-order valence-electron chi connectivity index (χ3n) is 3.43. The lowest BCUT2D eigenvalue weighted by Crippen LogP contribution is -2.30. The minimum absolute atomic E-state index is 0.0853. The van der Waals surface area contributed by atoms with Crippen LogP contribution in [-0.2, 0) is 0 Å². The maximum atomic E-state index is 13.6. The van der Waals surface area contributed by atoms with Gasteiger partial charge in [-0.1, -0.05) is 6.07 Å². The van der Waals surface area contributed by atoms with Crippen molar-refractivity contribution in [1.29, 1.82) is 0 Å². The Labute approximate surface area is 121 Å². The van der Waals surface area contributed by atoms with Gasteiger partial charge in [0.25, 0.3) is 0 Å². The van der Waals surface area contributed by atoms with E-state index in [0.717, 1.165) is 25.9 Å². The Morgan fingerprint density at radius 1 is 1.05 bits per heavy atom. The number of hydrogen-bond acceptors (Lipinski definition) is 5. The molecule has 110 valence electrons. The van der Waals surface area contributed by atoms with E-state index >= 15 is 0 Å². The van der Waals surface area contributed by atoms with Crippen molar-refractivity contribution < 1.29 is 8.78 Å². The maximum absolute atomic E-state index is 13.6. The molecule has 7 heteroatoms. The number of para-hydroxylation sites is 1. The summed E-state index contributed by atoms with van der Waals surface area (Å²) in [6.07, 6.45) is 4.98. The van der Waals surface area contributed by atoms with Crippen LogP contribution in [0.3, 0.4) is 0 Å². The first-order chi connectivity index (χ1) is 10.2. The van der Waals surface area contributed by atoms with Gasteiger partial charge in [0.1, 0.15) is 17.3 Å². The maximum Gasteiger partial charge on any atom is 0.249 e. The molecule has 1 aliphatic heterocycles. The number of hydrogen-bond donors (Lipinski definition) is 1. The fraction of sp³-hybridized carbons (Fsp3) is 0.357. The van der Waals surface area contributed by atoms with Gasteiger partial charge in [-0.25, -0.2) is 8.78 Å². The molecule has 0 aliphatic carbocycles. The summed E-state index contributed by atoms with van der Waals surface area (Å²) in [4.78, 5) is 6.38. The van der Waals surface area contributed by atoms with Crippen LogP contribution in [0, 0.1) is 11.6 Å². The molecule has 0 spiro atoms. The Morgan fingerprint density at radius 2 is 1.76 bits per heavy atom. The minimum atomic E-state index is -0.693. The summed E-state index contributed by atoms with van der Waals surface area (Å²) >= 11 is 0. The fourth-order valence-electron chi connectivity index (χ4n) is 2.35. The lowest BCUT2D eigenvalue weighted by atomic mass is 10.1. The van der Waals surface area contributed by atoms with E-state index in [4.69, 9.17) is 0 Å². The van der Waals surface area contributed by atoms with Gasteiger partial charge in [-0.2, -0.15) is 10.1 Å². The summed E-state index contributed by atoms with van der Waals surface area (Å²) in [5.74, 6) is -0.630. The van der Waals surface area contributed by atoms with Gasteiger partial charge in [0.15, 0.2) is 5.82 Å². The molecule has 2 aromatic rings. The van der Waals surface area contributed by atoms with E-state index in [1.807, 2.05) is 0 Å². The molecule has 0 unspecified atom stereocenters. The van der Waals surface area contributed by atoms with Crippen LogP contribution in [0.5, 0.6) is 0 Å². The fourth-order valence-corrected chi connectivity index (χ4v) is 2.35. The van der Waals surface area contributed by atoms with Gasteiger partial charge in [0, 0.05) is 13.1 Å². The molecule has 5 nitrogen and oxygen atoms in total. The zero-order valence-corrected chi connectivity index (χ0v) is 11.4. The largest absolute Gasteiger partial charge is 0.355 e. The van der Waals surface area contributed by atoms with Crippen molar-refractivity contribution in [2.75, 3.05) is 23.3 Å². The highest BCUT2D eigenvalue weighted by molar-refractivity contribution is 5.56. The number of rotatable bonds is 3. The second-order valence-electron chi connectivity index (χ2n) is 4.91. The summed E-state index contributed by atoms with van der Waals surface area (Å²) < 4.78 is 27.2. The molecular formula is C14H15F2N5. The summed E-state index contributed by atoms with van der Waals surface area (Å²) in [6.45, 7) is 1.82. The topological polar surface area (TPSA) is 53.9 Å². The summed E-state index contributed by atoms with van der Waals surface area (Å²) in [5, 5.41) is 10.2. The number of nitrogens with zero attached hydrogens (tertiary/aromatic N) is 4. The zero-order chi connectivity index (χ0) is 14.7. The lowest BCUT2D eigenvalue weighted by molar-refractivity contribution is 0.571. The molecule has 0 bridgehead atoms. The van der Waals surface area contributed by atoms with Crippen LogP contribution in [0.4, 0.5) is 26.2 Å². The summed E-state index contributed by atoms with van der Waals surface area (Å²) in [6, 6.07) is 3.65. The second kappa shape index (κ2) is 5.99. The number of halogens is 2. The van der Waals surface area contributed by atoms with Crippen LogP contribution < -0.4 is 10.2 Å². The van der Waals surface area contributed by atoms with E-state index in [1.165, 1.54) is 24.6 Å². The standard InChI is InChI=1S/C14H15F2N5/c15-10-5-4-6-11(16)13(10)19-14-18-12(9-17-20-14)21-7-2-1-3-8-21/h4-6,9H,1-3,7-8H2,(H,18,19,20). The number of benzene rings is 1. The van der Waals surface area contributed by atoms with Crippen LogP contribution in [0.25, 0.3) is 0 Å². The highest BCUT2D eigenvalue weighted by Gasteiger charge is 2.15. The van der Waals surface area contributed by atoms with Gasteiger partial charge in [-0.15, -0.1) is 5.10 Å². The lowest BCUT2D eigenvalue weighted by Gasteiger charge is -2.27. The van der Waals surface area contributed by atoms with Crippen molar-refractivity contribution in [3.63, 3.8) is 0 Å². The average molecular weight is 291 g/mol. The van der Waals surface area contributed by atoms with E-state index in [-0.39, 0.29) is 11.6 Å². The van der Waals surface area contributed by atoms with Crippen molar-refractivity contribution in [3.8, 4) is 0 Å². The number of piperidine rings is 1. The minimum Gasteiger partial charge on any atom is -0.355 e. The van der Waals surface area contributed by atoms with E-state index in [0.29, 0.717) is 5.82 Å². The normalized spacial score (nSPS) is 15.0. The zero-order valence-electron chi connectivity index (χ0n) is 11.4. The van der Waals surface area contributed by atoms with Crippen molar-refractivity contribution >= 4 is 17.5 Å². The SMILES string of the molecule is Fc1cccc(F)c1Nc1nncc(N2CCCCC2)n1. The third kappa shape index (κ3) is 3.07. The highest BCUT2D eigenvalue weighted by atomic mass is 19.1. The molecule has 0 saturated carbocycles. The first kappa shape index (κ1) is 13.7. The van der Waals surface area contributed by atoms with Gasteiger partial charge in [0.2, 0.25) is 5.95 Å². The van der Waals surface area contributed by atoms with Gasteiger partial charge in [-0.3, -0.25) is 0 Å². The quantitative estimate of drug-likeness (QED) is 0.942. The first-order valence-corrected chi connectivity index (χ1v) is 6.90. The highest BCUT2D eigenvalue weighted by Crippen LogP contribution is 2.22. The third-order valence-corrected chi connectivity index (χ3v) is 3.43. The molecule has 0 radical (unpaired) electrons. The van der Waals surface area contributed by atoms with Crippen molar-refractivity contribution in [2.24, 2.45) is 0 Å². The van der Waals surface area contributed by atoms with E-state index in [2.05, 4.69) is 25.4 Å². The smallest absolute Gasteiger partial charge is 0.249 e. The Kier molecular flexibility index (Phi) is 3.89. The molecule has 1 N–H and O–H groups in total. The summed E-state index contributed by atoms with van der Waals surface area (Å²) in [7, 11) is 0. The Bertz CT molecular complexity index is 608. The van der Waals surface area contributed by atoms with E-state index in [9.17, 15) is 8.78 Å². The van der Waals surface area contributed by atoms with Gasteiger partial charge in [0.05, 0.1) is 6.20 Å². The second-order valence-corrected chi connectivity index (χ2v) is 4.91. The summed E-state index contributed by atoms with van der Waals surface area (Å²) in [5.41, 5.74) is -0.268. The monoisotopic (exact) mass is 291 g/mol. The van der Waals surface area contributed by atoms with Crippen LogP contribution in [0.15, 0.2) is 24.4 Å². The van der Waals surface area contributed by atoms with E-state index in [1.54, 1.807) is 6.20 Å². The number of anilines is 3. The molecule has 1 aliphatic rings. The Morgan fingerprint density at radius 3 is 2.48 bits per heavy atom. The van der Waals surface area contributed by atoms with Crippen molar-refractivity contribution in [3.05, 3.63) is 36.0 Å². The molecular weight excluding hydrogens is 276 g/mol. The molecule has 1 aromatic carbocycles. The molecule has 21 heavy (non-hydrogen) atoms. The molecule has 0 amide bonds. The molecule has 1 saturated heterocycles. The molecule has 1 aromatic heterocycles. The Balaban J connectivity index is 1.83. The van der Waals surface area contributed by atoms with Crippen LogP contribution in [-0.4, -0.2) is 28.3 Å². The number of aromatic nitrogens is 3. The van der Waals surface area contributed by atoms with Crippen molar-refractivity contribution in [2.45, 2.75) is 19.3 Å². The van der Waals surface area contributed by atoms with Crippen LogP contribution in [0.1, 0.15) is 19.3 Å². The van der Waals surface area contributed by atoms with Crippen LogP contribution in [0.2, 0.25) is 0 Å². The first-order valence-electron chi connectivity index (χ1n) is 6.90. The molecule has 1 fully saturated rings. The number of nitrogens with one attached hydrogen (secondary N) is 1. The van der Waals surface area contributed by atoms with Gasteiger partial charge >= 0.3 is 0 Å². The molecule has 0 atom stereocenters. The Hall–Kier alpha value is -2.31. The van der Waals surface area contributed by atoms with Crippen LogP contribution >= 0.6 is 0 Å². The van der Waals surface area contributed by atoms with Crippen molar-refractivity contribution in [1.82, 2.24) is 15.2 Å². The molecule has 2 heterocycles.